The van der Waals surface area contributed by atoms with E-state index in [1.807, 2.05) is 6.92 Å². The summed E-state index contributed by atoms with van der Waals surface area (Å²) >= 11 is 0. The monoisotopic (exact) mass is 476 g/mol. The molecule has 10 nitrogen and oxygen atoms in total. The van der Waals surface area contributed by atoms with Crippen LogP contribution in [0.5, 0.6) is 5.75 Å². The molecule has 1 fully saturated rings. The van der Waals surface area contributed by atoms with E-state index in [-0.39, 0.29) is 24.8 Å². The Morgan fingerprint density at radius 1 is 1.30 bits per heavy atom. The van der Waals surface area contributed by atoms with Crippen molar-refractivity contribution < 1.29 is 22.7 Å². The number of fused-ring (bicyclic) bond motifs is 1. The molecule has 0 amide bonds. The minimum Gasteiger partial charge on any atom is -0.489 e. The minimum absolute atomic E-state index is 0.00247. The molecule has 1 N–H and O–H groups in total. The summed E-state index contributed by atoms with van der Waals surface area (Å²) in [5, 5.41) is 9.59. The molecule has 1 aliphatic heterocycles. The lowest BCUT2D eigenvalue weighted by molar-refractivity contribution is 0.115. The van der Waals surface area contributed by atoms with Gasteiger partial charge in [0.15, 0.2) is 0 Å². The zero-order valence-electron chi connectivity index (χ0n) is 18.9. The topological polar surface area (TPSA) is 118 Å². The molecule has 0 aliphatic carbocycles. The third-order valence-corrected chi connectivity index (χ3v) is 7.15. The van der Waals surface area contributed by atoms with E-state index >= 15 is 0 Å². The van der Waals surface area contributed by atoms with Crippen LogP contribution in [-0.2, 0) is 23.6 Å². The van der Waals surface area contributed by atoms with Crippen LogP contribution >= 0.6 is 0 Å². The number of pyridine rings is 2. The molecule has 0 bridgehead atoms. The smallest absolute Gasteiger partial charge is 0.261 e. The number of sulfonamides is 1. The van der Waals surface area contributed by atoms with Gasteiger partial charge in [-0.2, -0.15) is 4.31 Å². The summed E-state index contributed by atoms with van der Waals surface area (Å²) in [4.78, 5) is 19.1. The number of aliphatic hydroxyl groups is 1. The van der Waals surface area contributed by atoms with Crippen molar-refractivity contribution in [2.45, 2.75) is 19.5 Å². The number of rotatable bonds is 7. The first-order valence-electron chi connectivity index (χ1n) is 10.7. The summed E-state index contributed by atoms with van der Waals surface area (Å²) in [7, 11) is -1.55. The van der Waals surface area contributed by atoms with Gasteiger partial charge in [0.25, 0.3) is 5.56 Å². The lowest BCUT2D eigenvalue weighted by Crippen LogP contribution is -2.52. The molecule has 0 spiro atoms. The second-order valence-electron chi connectivity index (χ2n) is 8.30. The first-order chi connectivity index (χ1) is 15.7. The number of hydrogen-bond donors (Lipinski definition) is 1. The quantitative estimate of drug-likeness (QED) is 0.537. The standard InChI is InChI=1S/C22H28N4O6S/c1-15-12-26(33(3,29)30)7-6-25(15)13-16-10-18-21(32-16)19(14-24(2)22(18)28)17-4-5-23-11-20(17)31-9-8-27/h4-5,10-11,14-15,27H,6-9,12-13H2,1-3H3. The SMILES string of the molecule is CC1CN(S(C)(=O)=O)CCN1Cc1cc2c(=O)n(C)cc(-c3ccncc3OCCO)c2o1. The van der Waals surface area contributed by atoms with Gasteiger partial charge >= 0.3 is 0 Å². The van der Waals surface area contributed by atoms with Gasteiger partial charge in [0.05, 0.1) is 31.0 Å². The van der Waals surface area contributed by atoms with E-state index in [1.54, 1.807) is 37.8 Å². The number of furan rings is 1. The van der Waals surface area contributed by atoms with Crippen LogP contribution in [0.15, 0.2) is 39.9 Å². The summed E-state index contributed by atoms with van der Waals surface area (Å²) in [6, 6.07) is 3.54. The molecule has 3 aromatic rings. The maximum atomic E-state index is 12.8. The molecule has 0 aromatic carbocycles. The van der Waals surface area contributed by atoms with Crippen molar-refractivity contribution in [3.63, 3.8) is 0 Å². The molecule has 11 heteroatoms. The minimum atomic E-state index is -3.23. The predicted octanol–water partition coefficient (Wildman–Crippen LogP) is 1.03. The normalized spacial score (nSPS) is 18.1. The fourth-order valence-electron chi connectivity index (χ4n) is 4.14. The van der Waals surface area contributed by atoms with E-state index in [9.17, 15) is 13.2 Å². The van der Waals surface area contributed by atoms with Gasteiger partial charge in [0, 0.05) is 56.2 Å². The summed E-state index contributed by atoms with van der Waals surface area (Å²) in [6.45, 7) is 3.82. The Morgan fingerprint density at radius 2 is 2.09 bits per heavy atom. The summed E-state index contributed by atoms with van der Waals surface area (Å²) in [5.41, 5.74) is 1.67. The lowest BCUT2D eigenvalue weighted by atomic mass is 10.1. The molecule has 0 radical (unpaired) electrons. The first-order valence-corrected chi connectivity index (χ1v) is 12.5. The van der Waals surface area contributed by atoms with Crippen molar-refractivity contribution in [1.29, 1.82) is 0 Å². The molecule has 178 valence electrons. The van der Waals surface area contributed by atoms with Crippen molar-refractivity contribution in [2.24, 2.45) is 7.05 Å². The van der Waals surface area contributed by atoms with E-state index in [2.05, 4.69) is 9.88 Å². The third kappa shape index (κ3) is 4.81. The van der Waals surface area contributed by atoms with Gasteiger partial charge in [0.1, 0.15) is 23.7 Å². The Bertz CT molecular complexity index is 1320. The first kappa shape index (κ1) is 23.4. The molecular weight excluding hydrogens is 448 g/mol. The van der Waals surface area contributed by atoms with Gasteiger partial charge in [-0.25, -0.2) is 8.42 Å². The Hall–Kier alpha value is -2.73. The Morgan fingerprint density at radius 3 is 2.79 bits per heavy atom. The maximum absolute atomic E-state index is 12.8. The van der Waals surface area contributed by atoms with E-state index in [0.717, 1.165) is 0 Å². The van der Waals surface area contributed by atoms with Crippen LogP contribution < -0.4 is 10.3 Å². The van der Waals surface area contributed by atoms with Crippen molar-refractivity contribution in [3.8, 4) is 16.9 Å². The average Bonchev–Trinajstić information content (AvgIpc) is 3.20. The van der Waals surface area contributed by atoms with E-state index in [1.165, 1.54) is 15.1 Å². The van der Waals surface area contributed by atoms with Gasteiger partial charge in [-0.3, -0.25) is 14.7 Å². The molecule has 3 aromatic heterocycles. The Labute approximate surface area is 192 Å². The second-order valence-corrected chi connectivity index (χ2v) is 10.3. The Balaban J connectivity index is 1.69. The van der Waals surface area contributed by atoms with E-state index < -0.39 is 10.0 Å². The highest BCUT2D eigenvalue weighted by atomic mass is 32.2. The molecule has 1 unspecified atom stereocenters. The Kier molecular flexibility index (Phi) is 6.57. The number of aliphatic hydroxyl groups excluding tert-OH is 1. The third-order valence-electron chi connectivity index (χ3n) is 5.88. The summed E-state index contributed by atoms with van der Waals surface area (Å²) in [6.07, 6.45) is 6.12. The van der Waals surface area contributed by atoms with Gasteiger partial charge < -0.3 is 18.8 Å². The number of aromatic nitrogens is 2. The van der Waals surface area contributed by atoms with Crippen LogP contribution in [0.3, 0.4) is 0 Å². The largest absolute Gasteiger partial charge is 0.489 e. The van der Waals surface area contributed by atoms with Gasteiger partial charge in [0.2, 0.25) is 10.0 Å². The molecule has 1 aliphatic rings. The van der Waals surface area contributed by atoms with Crippen LogP contribution in [-0.4, -0.2) is 77.4 Å². The molecule has 4 rings (SSSR count). The molecule has 1 atom stereocenters. The van der Waals surface area contributed by atoms with Gasteiger partial charge in [-0.1, -0.05) is 0 Å². The summed E-state index contributed by atoms with van der Waals surface area (Å²) < 4.78 is 38.5. The van der Waals surface area contributed by atoms with Crippen molar-refractivity contribution >= 4 is 21.0 Å². The van der Waals surface area contributed by atoms with Crippen LogP contribution in [0.25, 0.3) is 22.1 Å². The number of piperazine rings is 1. The van der Waals surface area contributed by atoms with Crippen molar-refractivity contribution in [1.82, 2.24) is 18.8 Å². The highest BCUT2D eigenvalue weighted by Gasteiger charge is 2.29. The van der Waals surface area contributed by atoms with Crippen LogP contribution in [0, 0.1) is 0 Å². The van der Waals surface area contributed by atoms with Gasteiger partial charge in [-0.15, -0.1) is 0 Å². The van der Waals surface area contributed by atoms with Crippen LogP contribution in [0.2, 0.25) is 0 Å². The van der Waals surface area contributed by atoms with E-state index in [0.29, 0.717) is 59.8 Å². The highest BCUT2D eigenvalue weighted by molar-refractivity contribution is 7.88. The molecular formula is C22H28N4O6S. The zero-order valence-corrected chi connectivity index (χ0v) is 19.7. The second kappa shape index (κ2) is 9.26. The molecule has 4 heterocycles. The van der Waals surface area contributed by atoms with Crippen LogP contribution in [0.1, 0.15) is 12.7 Å². The highest BCUT2D eigenvalue weighted by Crippen LogP contribution is 2.35. The lowest BCUT2D eigenvalue weighted by Gasteiger charge is -2.38. The molecule has 33 heavy (non-hydrogen) atoms. The zero-order chi connectivity index (χ0) is 23.8. The number of hydrogen-bond acceptors (Lipinski definition) is 8. The van der Waals surface area contributed by atoms with E-state index in [4.69, 9.17) is 14.3 Å². The van der Waals surface area contributed by atoms with Crippen LogP contribution in [0.4, 0.5) is 0 Å². The number of nitrogens with zero attached hydrogens (tertiary/aromatic N) is 4. The average molecular weight is 477 g/mol. The van der Waals surface area contributed by atoms with Crippen molar-refractivity contribution in [3.05, 3.63) is 46.8 Å². The fraction of sp³-hybridized carbons (Fsp3) is 0.455. The van der Waals surface area contributed by atoms with Gasteiger partial charge in [-0.05, 0) is 19.1 Å². The summed E-state index contributed by atoms with van der Waals surface area (Å²) in [5.74, 6) is 1.11. The van der Waals surface area contributed by atoms with Crippen molar-refractivity contribution in [2.75, 3.05) is 39.1 Å². The number of aryl methyl sites for hydroxylation is 1. The molecule has 0 saturated carbocycles. The number of ether oxygens (including phenoxy) is 1. The fourth-order valence-corrected chi connectivity index (χ4v) is 5.04. The maximum Gasteiger partial charge on any atom is 0.261 e. The predicted molar refractivity (Wildman–Crippen MR) is 124 cm³/mol. The molecule has 1 saturated heterocycles.